The first-order chi connectivity index (χ1) is 8.87. The molecule has 1 amide bonds. The van der Waals surface area contributed by atoms with Gasteiger partial charge in [0.25, 0.3) is 5.91 Å². The Kier molecular flexibility index (Phi) is 3.83. The summed E-state index contributed by atoms with van der Waals surface area (Å²) in [5, 5.41) is 3.14. The number of carbonyl (C=O) groups is 1. The van der Waals surface area contributed by atoms with Crippen LogP contribution in [0.2, 0.25) is 0 Å². The number of nitrogens with two attached hydrogens (primary N) is 1. The van der Waals surface area contributed by atoms with Crippen molar-refractivity contribution in [2.24, 2.45) is 11.3 Å². The number of amides is 1. The zero-order valence-electron chi connectivity index (χ0n) is 12.1. The minimum atomic E-state index is -0.0481. The molecule has 0 bridgehead atoms. The summed E-state index contributed by atoms with van der Waals surface area (Å²) in [6.45, 7) is 6.81. The van der Waals surface area contributed by atoms with Crippen LogP contribution in [0.15, 0.2) is 24.3 Å². The van der Waals surface area contributed by atoms with Crippen molar-refractivity contribution in [1.29, 1.82) is 0 Å². The molecule has 3 N–H and O–H groups in total. The highest BCUT2D eigenvalue weighted by Gasteiger charge is 2.32. The van der Waals surface area contributed by atoms with E-state index in [1.165, 1.54) is 6.42 Å². The zero-order valence-corrected chi connectivity index (χ0v) is 12.1. The second-order valence-electron chi connectivity index (χ2n) is 6.67. The van der Waals surface area contributed by atoms with Crippen LogP contribution in [0.1, 0.15) is 50.4 Å². The zero-order chi connectivity index (χ0) is 14.0. The number of carbonyl (C=O) groups excluding carboxylic acids is 1. The molecule has 1 fully saturated rings. The molecule has 1 aromatic carbocycles. The van der Waals surface area contributed by atoms with Gasteiger partial charge in [0.05, 0.1) is 5.56 Å². The van der Waals surface area contributed by atoms with E-state index in [0.717, 1.165) is 12.8 Å². The van der Waals surface area contributed by atoms with E-state index in [0.29, 0.717) is 22.6 Å². The quantitative estimate of drug-likeness (QED) is 0.802. The third kappa shape index (κ3) is 3.49. The van der Waals surface area contributed by atoms with Gasteiger partial charge in [-0.1, -0.05) is 32.9 Å². The molecule has 0 aliphatic heterocycles. The molecule has 1 saturated carbocycles. The van der Waals surface area contributed by atoms with Gasteiger partial charge in [0.2, 0.25) is 0 Å². The van der Waals surface area contributed by atoms with Crippen molar-refractivity contribution >= 4 is 11.6 Å². The Morgan fingerprint density at radius 1 is 1.32 bits per heavy atom. The van der Waals surface area contributed by atoms with Crippen molar-refractivity contribution in [2.45, 2.75) is 46.1 Å². The largest absolute Gasteiger partial charge is 0.398 e. The predicted octanol–water partition coefficient (Wildman–Crippen LogP) is 3.21. The van der Waals surface area contributed by atoms with Crippen molar-refractivity contribution in [3.8, 4) is 0 Å². The Bertz CT molecular complexity index is 468. The van der Waals surface area contributed by atoms with Gasteiger partial charge in [-0.05, 0) is 42.7 Å². The third-order valence-corrected chi connectivity index (χ3v) is 3.93. The summed E-state index contributed by atoms with van der Waals surface area (Å²) in [6.07, 6.45) is 3.32. The number of para-hydroxylation sites is 1. The average molecular weight is 260 g/mol. The van der Waals surface area contributed by atoms with E-state index in [4.69, 9.17) is 5.73 Å². The summed E-state index contributed by atoms with van der Waals surface area (Å²) >= 11 is 0. The lowest BCUT2D eigenvalue weighted by Gasteiger charge is -2.39. The molecule has 104 valence electrons. The van der Waals surface area contributed by atoms with Gasteiger partial charge in [-0.2, -0.15) is 0 Å². The Hall–Kier alpha value is -1.51. The van der Waals surface area contributed by atoms with Crippen molar-refractivity contribution < 1.29 is 4.79 Å². The highest BCUT2D eigenvalue weighted by Crippen LogP contribution is 2.38. The third-order valence-electron chi connectivity index (χ3n) is 3.93. The van der Waals surface area contributed by atoms with Crippen molar-refractivity contribution in [3.63, 3.8) is 0 Å². The lowest BCUT2D eigenvalue weighted by atomic mass is 9.70. The van der Waals surface area contributed by atoms with Crippen LogP contribution in [0.4, 0.5) is 5.69 Å². The monoisotopic (exact) mass is 260 g/mol. The molecule has 1 aliphatic rings. The summed E-state index contributed by atoms with van der Waals surface area (Å²) in [7, 11) is 0. The normalized spacial score (nSPS) is 25.8. The van der Waals surface area contributed by atoms with Crippen LogP contribution in [0.3, 0.4) is 0 Å². The number of rotatable bonds is 2. The summed E-state index contributed by atoms with van der Waals surface area (Å²) in [5.74, 6) is 0.607. The summed E-state index contributed by atoms with van der Waals surface area (Å²) < 4.78 is 0. The van der Waals surface area contributed by atoms with Gasteiger partial charge < -0.3 is 11.1 Å². The van der Waals surface area contributed by atoms with E-state index in [-0.39, 0.29) is 11.9 Å². The fourth-order valence-electron chi connectivity index (χ4n) is 3.42. The molecule has 0 unspecified atom stereocenters. The highest BCUT2D eigenvalue weighted by atomic mass is 16.1. The first-order valence-corrected chi connectivity index (χ1v) is 7.03. The summed E-state index contributed by atoms with van der Waals surface area (Å²) in [5.41, 5.74) is 7.28. The van der Waals surface area contributed by atoms with E-state index in [1.54, 1.807) is 12.1 Å². The average Bonchev–Trinajstić information content (AvgIpc) is 2.26. The van der Waals surface area contributed by atoms with Gasteiger partial charge in [0.15, 0.2) is 0 Å². The molecule has 19 heavy (non-hydrogen) atoms. The van der Waals surface area contributed by atoms with E-state index >= 15 is 0 Å². The van der Waals surface area contributed by atoms with Crippen molar-refractivity contribution in [3.05, 3.63) is 29.8 Å². The summed E-state index contributed by atoms with van der Waals surface area (Å²) in [6, 6.07) is 7.49. The van der Waals surface area contributed by atoms with Gasteiger partial charge in [-0.3, -0.25) is 4.79 Å². The number of hydrogen-bond acceptors (Lipinski definition) is 2. The molecule has 3 heteroatoms. The van der Waals surface area contributed by atoms with Crippen LogP contribution < -0.4 is 11.1 Å². The Morgan fingerprint density at radius 3 is 2.63 bits per heavy atom. The van der Waals surface area contributed by atoms with Gasteiger partial charge in [-0.25, -0.2) is 0 Å². The molecule has 0 saturated heterocycles. The lowest BCUT2D eigenvalue weighted by Crippen LogP contribution is -2.43. The molecular formula is C16H24N2O. The van der Waals surface area contributed by atoms with Crippen LogP contribution in [0, 0.1) is 11.3 Å². The minimum Gasteiger partial charge on any atom is -0.398 e. The van der Waals surface area contributed by atoms with E-state index in [2.05, 4.69) is 26.1 Å². The Morgan fingerprint density at radius 2 is 2.00 bits per heavy atom. The standard InChI is InChI=1S/C16H24N2O/c1-11-8-12(10-16(2,3)9-11)18-15(19)13-6-4-5-7-14(13)17/h4-7,11-12H,8-10,17H2,1-3H3,(H,18,19)/t11-,12-/m1/s1. The minimum absolute atomic E-state index is 0.0481. The second kappa shape index (κ2) is 5.24. The molecule has 0 radical (unpaired) electrons. The van der Waals surface area contributed by atoms with Crippen LogP contribution in [-0.2, 0) is 0 Å². The Labute approximate surface area is 115 Å². The first-order valence-electron chi connectivity index (χ1n) is 7.03. The van der Waals surface area contributed by atoms with Gasteiger partial charge in [-0.15, -0.1) is 0 Å². The predicted molar refractivity (Wildman–Crippen MR) is 78.9 cm³/mol. The maximum atomic E-state index is 12.3. The van der Waals surface area contributed by atoms with E-state index < -0.39 is 0 Å². The molecule has 0 spiro atoms. The maximum Gasteiger partial charge on any atom is 0.253 e. The molecule has 2 atom stereocenters. The first kappa shape index (κ1) is 13.9. The van der Waals surface area contributed by atoms with Crippen LogP contribution in [-0.4, -0.2) is 11.9 Å². The SMILES string of the molecule is C[C@@H]1C[C@@H](NC(=O)c2ccccc2N)CC(C)(C)C1. The summed E-state index contributed by atoms with van der Waals surface area (Å²) in [4.78, 5) is 12.3. The van der Waals surface area contributed by atoms with Crippen molar-refractivity contribution in [2.75, 3.05) is 5.73 Å². The number of nitrogens with one attached hydrogen (secondary N) is 1. The fourth-order valence-corrected chi connectivity index (χ4v) is 3.42. The lowest BCUT2D eigenvalue weighted by molar-refractivity contribution is 0.0875. The van der Waals surface area contributed by atoms with Crippen LogP contribution in [0.25, 0.3) is 0 Å². The molecule has 0 aromatic heterocycles. The molecule has 1 aromatic rings. The fraction of sp³-hybridized carbons (Fsp3) is 0.562. The van der Waals surface area contributed by atoms with Gasteiger partial charge >= 0.3 is 0 Å². The maximum absolute atomic E-state index is 12.3. The molecule has 1 aliphatic carbocycles. The molecular weight excluding hydrogens is 236 g/mol. The molecule has 0 heterocycles. The van der Waals surface area contributed by atoms with Crippen LogP contribution in [0.5, 0.6) is 0 Å². The van der Waals surface area contributed by atoms with E-state index in [9.17, 15) is 4.79 Å². The number of nitrogen functional groups attached to an aromatic ring is 1. The molecule has 2 rings (SSSR count). The molecule has 3 nitrogen and oxygen atoms in total. The number of benzene rings is 1. The number of hydrogen-bond donors (Lipinski definition) is 2. The topological polar surface area (TPSA) is 55.1 Å². The van der Waals surface area contributed by atoms with Gasteiger partial charge in [0, 0.05) is 11.7 Å². The van der Waals surface area contributed by atoms with E-state index in [1.807, 2.05) is 12.1 Å². The smallest absolute Gasteiger partial charge is 0.253 e. The van der Waals surface area contributed by atoms with Crippen LogP contribution >= 0.6 is 0 Å². The Balaban J connectivity index is 2.05. The number of anilines is 1. The second-order valence-corrected chi connectivity index (χ2v) is 6.67. The highest BCUT2D eigenvalue weighted by molar-refractivity contribution is 5.99. The van der Waals surface area contributed by atoms with Gasteiger partial charge in [0.1, 0.15) is 0 Å². The van der Waals surface area contributed by atoms with Crippen molar-refractivity contribution in [1.82, 2.24) is 5.32 Å².